The normalized spacial score (nSPS) is 10.2. The minimum absolute atomic E-state index is 0.255. The zero-order valence-corrected chi connectivity index (χ0v) is 9.04. The Labute approximate surface area is 92.3 Å². The van der Waals surface area contributed by atoms with Crippen LogP contribution in [0.2, 0.25) is 0 Å². The van der Waals surface area contributed by atoms with Crippen LogP contribution in [0.15, 0.2) is 38.3 Å². The van der Waals surface area contributed by atoms with Crippen molar-refractivity contribution in [2.45, 2.75) is 0 Å². The van der Waals surface area contributed by atoms with Crippen LogP contribution in [0, 0.1) is 0 Å². The summed E-state index contributed by atoms with van der Waals surface area (Å²) < 4.78 is 0.850. The number of hydrogen-bond acceptors (Lipinski definition) is 3. The average molecular weight is 268 g/mol. The molecule has 1 aromatic heterocycles. The van der Waals surface area contributed by atoms with Gasteiger partial charge in [0.15, 0.2) is 0 Å². The van der Waals surface area contributed by atoms with Crippen molar-refractivity contribution in [2.75, 3.05) is 0 Å². The first kappa shape index (κ1) is 9.85. The van der Waals surface area contributed by atoms with Gasteiger partial charge in [-0.1, -0.05) is 28.1 Å². The fourth-order valence-corrected chi connectivity index (χ4v) is 1.57. The minimum Gasteiger partial charge on any atom is -0.291 e. The van der Waals surface area contributed by atoms with Crippen LogP contribution < -0.4 is 11.4 Å². The van der Waals surface area contributed by atoms with Gasteiger partial charge in [-0.05, 0) is 12.1 Å². The molecule has 0 saturated heterocycles. The standard InChI is InChI=1S/C9H6BrN3O2/c10-6-3-1-2-5(4-6)7-11-8(14)13-9(15)12-7/h1-4H,(H2,11,12,13,14,15). The van der Waals surface area contributed by atoms with E-state index < -0.39 is 11.4 Å². The third-order valence-electron chi connectivity index (χ3n) is 1.76. The number of nitrogens with zero attached hydrogens (tertiary/aromatic N) is 1. The summed E-state index contributed by atoms with van der Waals surface area (Å²) >= 11 is 3.29. The van der Waals surface area contributed by atoms with Gasteiger partial charge in [-0.15, -0.1) is 0 Å². The van der Waals surface area contributed by atoms with Gasteiger partial charge < -0.3 is 0 Å². The van der Waals surface area contributed by atoms with Crippen molar-refractivity contribution < 1.29 is 0 Å². The van der Waals surface area contributed by atoms with Gasteiger partial charge in [0.05, 0.1) is 0 Å². The lowest BCUT2D eigenvalue weighted by molar-refractivity contribution is 0.942. The topological polar surface area (TPSA) is 78.6 Å². The van der Waals surface area contributed by atoms with Gasteiger partial charge in [-0.2, -0.15) is 4.98 Å². The molecular formula is C9H6BrN3O2. The first-order valence-electron chi connectivity index (χ1n) is 4.12. The molecule has 15 heavy (non-hydrogen) atoms. The smallest absolute Gasteiger partial charge is 0.291 e. The van der Waals surface area contributed by atoms with Crippen molar-refractivity contribution in [1.82, 2.24) is 15.0 Å². The number of benzene rings is 1. The van der Waals surface area contributed by atoms with Crippen LogP contribution in [-0.2, 0) is 0 Å². The Morgan fingerprint density at radius 1 is 1.20 bits per heavy atom. The van der Waals surface area contributed by atoms with E-state index in [4.69, 9.17) is 0 Å². The Balaban J connectivity index is 2.64. The lowest BCUT2D eigenvalue weighted by atomic mass is 10.2. The Kier molecular flexibility index (Phi) is 2.51. The number of H-pyrrole nitrogens is 2. The highest BCUT2D eigenvalue weighted by Crippen LogP contribution is 2.17. The predicted molar refractivity (Wildman–Crippen MR) is 58.6 cm³/mol. The molecule has 2 aromatic rings. The van der Waals surface area contributed by atoms with Crippen LogP contribution in [0.25, 0.3) is 11.4 Å². The SMILES string of the molecule is O=c1nc(-c2cccc(Br)c2)[nH]c(=O)[nH]1. The molecule has 0 amide bonds. The molecule has 0 aliphatic heterocycles. The predicted octanol–water partition coefficient (Wildman–Crippen LogP) is 0.888. The van der Waals surface area contributed by atoms with E-state index in [0.29, 0.717) is 5.56 Å². The lowest BCUT2D eigenvalue weighted by Crippen LogP contribution is -2.25. The molecule has 2 rings (SSSR count). The minimum atomic E-state index is -0.659. The second-order valence-corrected chi connectivity index (χ2v) is 3.77. The summed E-state index contributed by atoms with van der Waals surface area (Å²) in [6.45, 7) is 0. The first-order chi connectivity index (χ1) is 7.15. The molecule has 0 saturated carbocycles. The van der Waals surface area contributed by atoms with E-state index in [1.54, 1.807) is 18.2 Å². The van der Waals surface area contributed by atoms with Gasteiger partial charge in [-0.3, -0.25) is 9.97 Å². The molecule has 6 heteroatoms. The molecule has 0 fully saturated rings. The molecule has 76 valence electrons. The van der Waals surface area contributed by atoms with Crippen LogP contribution >= 0.6 is 15.9 Å². The molecule has 1 aromatic carbocycles. The lowest BCUT2D eigenvalue weighted by Gasteiger charge is -1.99. The summed E-state index contributed by atoms with van der Waals surface area (Å²) in [7, 11) is 0. The summed E-state index contributed by atoms with van der Waals surface area (Å²) in [4.78, 5) is 30.1. The van der Waals surface area contributed by atoms with E-state index in [1.807, 2.05) is 11.1 Å². The fourth-order valence-electron chi connectivity index (χ4n) is 1.17. The Hall–Kier alpha value is -1.69. The molecular weight excluding hydrogens is 262 g/mol. The van der Waals surface area contributed by atoms with Gasteiger partial charge >= 0.3 is 11.4 Å². The van der Waals surface area contributed by atoms with Crippen molar-refractivity contribution in [2.24, 2.45) is 0 Å². The molecule has 0 unspecified atom stereocenters. The quantitative estimate of drug-likeness (QED) is 0.806. The molecule has 0 spiro atoms. The van der Waals surface area contributed by atoms with E-state index in [9.17, 15) is 9.59 Å². The number of aromatic amines is 2. The van der Waals surface area contributed by atoms with Crippen LogP contribution in [0.4, 0.5) is 0 Å². The Morgan fingerprint density at radius 2 is 2.00 bits per heavy atom. The van der Waals surface area contributed by atoms with Crippen molar-refractivity contribution in [3.05, 3.63) is 49.7 Å². The highest BCUT2D eigenvalue weighted by molar-refractivity contribution is 9.10. The van der Waals surface area contributed by atoms with Crippen LogP contribution in [0.1, 0.15) is 0 Å². The molecule has 0 atom stereocenters. The maximum absolute atomic E-state index is 11.0. The highest BCUT2D eigenvalue weighted by atomic mass is 79.9. The van der Waals surface area contributed by atoms with Crippen molar-refractivity contribution in [3.8, 4) is 11.4 Å². The molecule has 0 aliphatic carbocycles. The van der Waals surface area contributed by atoms with Gasteiger partial charge in [0.2, 0.25) is 0 Å². The number of aromatic nitrogens is 3. The second kappa shape index (κ2) is 3.82. The van der Waals surface area contributed by atoms with Crippen molar-refractivity contribution in [1.29, 1.82) is 0 Å². The number of nitrogens with one attached hydrogen (secondary N) is 2. The molecule has 1 heterocycles. The van der Waals surface area contributed by atoms with Crippen molar-refractivity contribution in [3.63, 3.8) is 0 Å². The van der Waals surface area contributed by atoms with Crippen LogP contribution in [-0.4, -0.2) is 15.0 Å². The summed E-state index contributed by atoms with van der Waals surface area (Å²) in [6.07, 6.45) is 0. The molecule has 2 N–H and O–H groups in total. The third kappa shape index (κ3) is 2.21. The summed E-state index contributed by atoms with van der Waals surface area (Å²) in [5, 5.41) is 0. The van der Waals surface area contributed by atoms with Crippen LogP contribution in [0.5, 0.6) is 0 Å². The van der Waals surface area contributed by atoms with E-state index in [0.717, 1.165) is 4.47 Å². The van der Waals surface area contributed by atoms with Gasteiger partial charge in [0.25, 0.3) is 0 Å². The summed E-state index contributed by atoms with van der Waals surface area (Å²) in [5.41, 5.74) is -0.550. The van der Waals surface area contributed by atoms with Gasteiger partial charge in [-0.25, -0.2) is 9.59 Å². The monoisotopic (exact) mass is 267 g/mol. The first-order valence-corrected chi connectivity index (χ1v) is 4.91. The van der Waals surface area contributed by atoms with E-state index in [1.165, 1.54) is 0 Å². The van der Waals surface area contributed by atoms with Gasteiger partial charge in [0.1, 0.15) is 5.82 Å². The van der Waals surface area contributed by atoms with E-state index in [-0.39, 0.29) is 5.82 Å². The van der Waals surface area contributed by atoms with E-state index >= 15 is 0 Å². The Morgan fingerprint density at radius 3 is 2.67 bits per heavy atom. The number of rotatable bonds is 1. The van der Waals surface area contributed by atoms with Crippen molar-refractivity contribution >= 4 is 15.9 Å². The van der Waals surface area contributed by atoms with Gasteiger partial charge in [0, 0.05) is 10.0 Å². The summed E-state index contributed by atoms with van der Waals surface area (Å²) in [6, 6.07) is 7.15. The number of hydrogen-bond donors (Lipinski definition) is 2. The average Bonchev–Trinajstić information content (AvgIpc) is 2.16. The Bertz CT molecular complexity index is 574. The maximum Gasteiger partial charge on any atom is 0.351 e. The zero-order valence-electron chi connectivity index (χ0n) is 7.45. The molecule has 0 aliphatic rings. The largest absolute Gasteiger partial charge is 0.351 e. The molecule has 0 radical (unpaired) electrons. The third-order valence-corrected chi connectivity index (χ3v) is 2.26. The van der Waals surface area contributed by atoms with E-state index in [2.05, 4.69) is 25.9 Å². The summed E-state index contributed by atoms with van der Waals surface area (Å²) in [5.74, 6) is 0.255. The maximum atomic E-state index is 11.0. The fraction of sp³-hybridized carbons (Fsp3) is 0. The molecule has 0 bridgehead atoms. The highest BCUT2D eigenvalue weighted by Gasteiger charge is 2.02. The number of halogens is 1. The molecule has 5 nitrogen and oxygen atoms in total. The van der Waals surface area contributed by atoms with Crippen LogP contribution in [0.3, 0.4) is 0 Å². The second-order valence-electron chi connectivity index (χ2n) is 2.86. The zero-order chi connectivity index (χ0) is 10.8.